The summed E-state index contributed by atoms with van der Waals surface area (Å²) in [4.78, 5) is 49.7. The maximum absolute atomic E-state index is 13.0. The zero-order valence-electron chi connectivity index (χ0n) is 16.1. The highest BCUT2D eigenvalue weighted by molar-refractivity contribution is 6.06. The molecule has 9 nitrogen and oxygen atoms in total. The molecule has 1 aliphatic heterocycles. The molecule has 1 heterocycles. The van der Waals surface area contributed by atoms with Crippen LogP contribution in [0, 0.1) is 10.1 Å². The third-order valence-electron chi connectivity index (χ3n) is 5.91. The molecule has 0 unspecified atom stereocenters. The quantitative estimate of drug-likeness (QED) is 0.569. The number of nitrogens with zero attached hydrogens (tertiary/aromatic N) is 2. The molecule has 0 atom stereocenters. The molecule has 9 heteroatoms. The minimum absolute atomic E-state index is 0.183. The Balaban J connectivity index is 1.98. The van der Waals surface area contributed by atoms with Crippen LogP contribution in [0.15, 0.2) is 40.7 Å². The number of phenolic OH excluding ortho intramolecular Hbond substituents is 1. The summed E-state index contributed by atoms with van der Waals surface area (Å²) in [5, 5.41) is 30.6. The average molecular weight is 412 g/mol. The molecule has 2 aliphatic carbocycles. The van der Waals surface area contributed by atoms with Crippen molar-refractivity contribution >= 4 is 23.2 Å². The summed E-state index contributed by atoms with van der Waals surface area (Å²) in [5.74, 6) is -2.72. The van der Waals surface area contributed by atoms with Crippen LogP contribution < -0.4 is 0 Å². The SMILES string of the molecule is O=C(O)CN1C2=C(C(=O)CCC2)C(c2ccc(O)c([N+](=O)[O-])c2)C2=C1CCCC2=O. The van der Waals surface area contributed by atoms with Crippen molar-refractivity contribution in [2.24, 2.45) is 0 Å². The van der Waals surface area contributed by atoms with Crippen LogP contribution in [0.1, 0.15) is 50.0 Å². The molecular weight excluding hydrogens is 392 g/mol. The number of phenols is 1. The Bertz CT molecular complexity index is 1010. The molecule has 1 aromatic rings. The van der Waals surface area contributed by atoms with Crippen LogP contribution in [0.3, 0.4) is 0 Å². The van der Waals surface area contributed by atoms with Crippen LogP contribution in [-0.2, 0) is 14.4 Å². The second-order valence-corrected chi connectivity index (χ2v) is 7.69. The molecule has 156 valence electrons. The molecule has 1 aromatic carbocycles. The van der Waals surface area contributed by atoms with E-state index in [9.17, 15) is 34.7 Å². The van der Waals surface area contributed by atoms with Gasteiger partial charge >= 0.3 is 11.7 Å². The third kappa shape index (κ3) is 3.16. The second-order valence-electron chi connectivity index (χ2n) is 7.69. The zero-order valence-corrected chi connectivity index (χ0v) is 16.1. The standard InChI is InChI=1S/C21H20N2O7/c24-15-8-7-11(9-14(15)23(29)30)19-20-12(3-1-5-16(20)25)22(10-18(27)28)13-4-2-6-17(26)21(13)19/h7-9,19,24H,1-6,10H2,(H,27,28). The number of rotatable bonds is 4. The summed E-state index contributed by atoms with van der Waals surface area (Å²) in [6, 6.07) is 3.88. The number of nitro benzene ring substituents is 1. The minimum atomic E-state index is -1.07. The first-order chi connectivity index (χ1) is 14.3. The van der Waals surface area contributed by atoms with Gasteiger partial charge in [-0.2, -0.15) is 0 Å². The van der Waals surface area contributed by atoms with E-state index in [0.717, 1.165) is 0 Å². The van der Waals surface area contributed by atoms with Crippen LogP contribution in [0.2, 0.25) is 0 Å². The number of carbonyl (C=O) groups excluding carboxylic acids is 2. The summed E-state index contributed by atoms with van der Waals surface area (Å²) in [5.41, 5.74) is 1.73. The van der Waals surface area contributed by atoms with Gasteiger partial charge in [0.25, 0.3) is 0 Å². The van der Waals surface area contributed by atoms with E-state index in [1.807, 2.05) is 0 Å². The van der Waals surface area contributed by atoms with Gasteiger partial charge in [-0.1, -0.05) is 6.07 Å². The van der Waals surface area contributed by atoms with Crippen LogP contribution in [-0.4, -0.2) is 44.1 Å². The van der Waals surface area contributed by atoms with Crippen LogP contribution >= 0.6 is 0 Å². The van der Waals surface area contributed by atoms with Crippen LogP contribution in [0.5, 0.6) is 5.75 Å². The normalized spacial score (nSPS) is 19.7. The van der Waals surface area contributed by atoms with Gasteiger partial charge in [0.1, 0.15) is 6.54 Å². The lowest BCUT2D eigenvalue weighted by atomic mass is 9.71. The molecule has 2 N–H and O–H groups in total. The van der Waals surface area contributed by atoms with Crippen molar-refractivity contribution in [2.45, 2.75) is 44.4 Å². The summed E-state index contributed by atoms with van der Waals surface area (Å²) < 4.78 is 0. The van der Waals surface area contributed by atoms with Crippen molar-refractivity contribution in [3.05, 3.63) is 56.4 Å². The van der Waals surface area contributed by atoms with Gasteiger partial charge in [-0.05, 0) is 37.3 Å². The van der Waals surface area contributed by atoms with E-state index in [4.69, 9.17) is 0 Å². The Morgan fingerprint density at radius 2 is 1.63 bits per heavy atom. The fraction of sp³-hybridized carbons (Fsp3) is 0.381. The van der Waals surface area contributed by atoms with Crippen molar-refractivity contribution in [1.82, 2.24) is 4.90 Å². The molecular formula is C21H20N2O7. The third-order valence-corrected chi connectivity index (χ3v) is 5.91. The largest absolute Gasteiger partial charge is 0.502 e. The molecule has 0 saturated heterocycles. The van der Waals surface area contributed by atoms with Crippen LogP contribution in [0.4, 0.5) is 5.69 Å². The molecule has 0 saturated carbocycles. The van der Waals surface area contributed by atoms with Gasteiger partial charge in [-0.15, -0.1) is 0 Å². The van der Waals surface area contributed by atoms with E-state index in [0.29, 0.717) is 53.8 Å². The summed E-state index contributed by atoms with van der Waals surface area (Å²) in [6.07, 6.45) is 2.69. The van der Waals surface area contributed by atoms with E-state index in [2.05, 4.69) is 0 Å². The molecule has 4 rings (SSSR count). The van der Waals surface area contributed by atoms with E-state index in [-0.39, 0.29) is 31.0 Å². The lowest BCUT2D eigenvalue weighted by molar-refractivity contribution is -0.385. The maximum Gasteiger partial charge on any atom is 0.323 e. The van der Waals surface area contributed by atoms with Gasteiger partial charge in [0.2, 0.25) is 0 Å². The molecule has 0 fully saturated rings. The maximum atomic E-state index is 13.0. The summed E-state index contributed by atoms with van der Waals surface area (Å²) >= 11 is 0. The molecule has 3 aliphatic rings. The minimum Gasteiger partial charge on any atom is -0.502 e. The molecule has 0 spiro atoms. The zero-order chi connectivity index (χ0) is 21.6. The van der Waals surface area contributed by atoms with E-state index in [1.165, 1.54) is 18.2 Å². The topological polar surface area (TPSA) is 138 Å². The lowest BCUT2D eigenvalue weighted by Crippen LogP contribution is -2.41. The van der Waals surface area contributed by atoms with Crippen molar-refractivity contribution in [1.29, 1.82) is 0 Å². The van der Waals surface area contributed by atoms with Gasteiger partial charge in [0.15, 0.2) is 17.3 Å². The number of nitro groups is 1. The van der Waals surface area contributed by atoms with Gasteiger partial charge in [0.05, 0.1) is 4.92 Å². The Labute approximate surface area is 171 Å². The summed E-state index contributed by atoms with van der Waals surface area (Å²) in [7, 11) is 0. The fourth-order valence-corrected chi connectivity index (χ4v) is 4.74. The van der Waals surface area contributed by atoms with Gasteiger partial charge in [-0.25, -0.2) is 0 Å². The number of benzene rings is 1. The molecule has 0 amide bonds. The number of hydrogen-bond donors (Lipinski definition) is 2. The molecule has 0 aromatic heterocycles. The van der Waals surface area contributed by atoms with Crippen molar-refractivity contribution in [3.8, 4) is 5.75 Å². The highest BCUT2D eigenvalue weighted by Crippen LogP contribution is 2.49. The van der Waals surface area contributed by atoms with Crippen LogP contribution in [0.25, 0.3) is 0 Å². The molecule has 30 heavy (non-hydrogen) atoms. The molecule has 0 radical (unpaired) electrons. The predicted molar refractivity (Wildman–Crippen MR) is 104 cm³/mol. The summed E-state index contributed by atoms with van der Waals surface area (Å²) in [6.45, 7) is -0.347. The first-order valence-corrected chi connectivity index (χ1v) is 9.78. The lowest BCUT2D eigenvalue weighted by Gasteiger charge is -2.43. The number of Topliss-reactive ketones (excluding diaryl/α,β-unsaturated/α-hetero) is 2. The predicted octanol–water partition coefficient (Wildman–Crippen LogP) is 2.80. The Morgan fingerprint density at radius 3 is 2.13 bits per heavy atom. The van der Waals surface area contributed by atoms with Gasteiger partial charge < -0.3 is 15.1 Å². The number of aromatic hydroxyl groups is 1. The van der Waals surface area contributed by atoms with Crippen molar-refractivity contribution < 1.29 is 29.5 Å². The highest BCUT2D eigenvalue weighted by Gasteiger charge is 2.44. The number of carboxylic acid groups (broad SMARTS) is 1. The van der Waals surface area contributed by atoms with Crippen molar-refractivity contribution in [3.63, 3.8) is 0 Å². The average Bonchev–Trinajstić information content (AvgIpc) is 2.69. The molecule has 0 bridgehead atoms. The Hall–Kier alpha value is -3.49. The number of ketones is 2. The first kappa shape index (κ1) is 19.8. The number of hydrogen-bond acceptors (Lipinski definition) is 7. The van der Waals surface area contributed by atoms with E-state index < -0.39 is 28.2 Å². The second kappa shape index (κ2) is 7.40. The van der Waals surface area contributed by atoms with Gasteiger partial charge in [0, 0.05) is 47.4 Å². The monoisotopic (exact) mass is 412 g/mol. The van der Waals surface area contributed by atoms with Crippen molar-refractivity contribution in [2.75, 3.05) is 6.54 Å². The first-order valence-electron chi connectivity index (χ1n) is 9.78. The van der Waals surface area contributed by atoms with E-state index >= 15 is 0 Å². The smallest absolute Gasteiger partial charge is 0.323 e. The van der Waals surface area contributed by atoms with E-state index in [1.54, 1.807) is 4.90 Å². The number of aliphatic carboxylic acids is 1. The Kier molecular flexibility index (Phi) is 4.89. The van der Waals surface area contributed by atoms with Gasteiger partial charge in [-0.3, -0.25) is 24.5 Å². The number of carboxylic acids is 1. The Morgan fingerprint density at radius 1 is 1.07 bits per heavy atom. The highest BCUT2D eigenvalue weighted by atomic mass is 16.6. The fourth-order valence-electron chi connectivity index (χ4n) is 4.74. The number of carbonyl (C=O) groups is 3. The number of allylic oxidation sites excluding steroid dienone is 4.